The first-order valence-electron chi connectivity index (χ1n) is 8.97. The monoisotopic (exact) mass is 407 g/mol. The van der Waals surface area contributed by atoms with Crippen molar-refractivity contribution in [3.8, 4) is 5.69 Å². The fourth-order valence-corrected chi connectivity index (χ4v) is 3.21. The highest BCUT2D eigenvalue weighted by atomic mass is 35.5. The summed E-state index contributed by atoms with van der Waals surface area (Å²) >= 11 is 6.05. The van der Waals surface area contributed by atoms with Crippen LogP contribution in [0.5, 0.6) is 0 Å². The smallest absolute Gasteiger partial charge is 0.274 e. The summed E-state index contributed by atoms with van der Waals surface area (Å²) in [6, 6.07) is 15.1. The van der Waals surface area contributed by atoms with E-state index in [4.69, 9.17) is 11.6 Å². The number of nitrogens with one attached hydrogen (secondary N) is 1. The van der Waals surface area contributed by atoms with Crippen molar-refractivity contribution in [2.75, 3.05) is 0 Å². The Bertz CT molecular complexity index is 1140. The summed E-state index contributed by atoms with van der Waals surface area (Å²) in [5.41, 5.74) is 3.72. The Labute approximate surface area is 172 Å². The zero-order valence-corrected chi connectivity index (χ0v) is 16.4. The Morgan fingerprint density at radius 3 is 2.72 bits per heavy atom. The fraction of sp³-hybridized carbons (Fsp3) is 0.150. The van der Waals surface area contributed by atoms with E-state index < -0.39 is 0 Å². The molecule has 2 heterocycles. The molecule has 0 atom stereocenters. The average molecular weight is 408 g/mol. The second kappa shape index (κ2) is 8.24. The van der Waals surface area contributed by atoms with Crippen LogP contribution in [0.3, 0.4) is 0 Å². The van der Waals surface area contributed by atoms with E-state index in [1.165, 1.54) is 6.33 Å². The molecule has 0 saturated heterocycles. The number of aromatic nitrogens is 6. The van der Waals surface area contributed by atoms with Gasteiger partial charge in [0.1, 0.15) is 12.7 Å². The number of hydrogen-bond donors (Lipinski definition) is 1. The molecule has 29 heavy (non-hydrogen) atoms. The Kier molecular flexibility index (Phi) is 5.35. The summed E-state index contributed by atoms with van der Waals surface area (Å²) in [5, 5.41) is 15.8. The third-order valence-corrected chi connectivity index (χ3v) is 4.75. The molecule has 146 valence electrons. The Morgan fingerprint density at radius 2 is 1.97 bits per heavy atom. The molecule has 4 aromatic rings. The van der Waals surface area contributed by atoms with E-state index in [1.54, 1.807) is 34.7 Å². The number of amides is 1. The van der Waals surface area contributed by atoms with Crippen molar-refractivity contribution in [2.45, 2.75) is 20.0 Å². The molecule has 0 aliphatic rings. The highest BCUT2D eigenvalue weighted by Crippen LogP contribution is 2.17. The van der Waals surface area contributed by atoms with Crippen LogP contribution in [0.25, 0.3) is 5.69 Å². The van der Waals surface area contributed by atoms with E-state index >= 15 is 0 Å². The number of nitrogens with zero attached hydrogens (tertiary/aromatic N) is 6. The molecule has 1 amide bonds. The number of rotatable bonds is 6. The standard InChI is InChI=1S/C20H18ClN7O/c1-14-19(25-26-28(14)18-8-4-7-17(21)9-18)20(29)23-10-15-5-2-3-6-16(15)11-27-13-22-12-24-27/h2-9,12-13H,10-11H2,1H3,(H,23,29). The topological polar surface area (TPSA) is 90.5 Å². The van der Waals surface area contributed by atoms with Crippen LogP contribution in [0.2, 0.25) is 5.02 Å². The quantitative estimate of drug-likeness (QED) is 0.530. The van der Waals surface area contributed by atoms with Crippen LogP contribution in [0.1, 0.15) is 27.3 Å². The number of carbonyl (C=O) groups excluding carboxylic acids is 1. The van der Waals surface area contributed by atoms with Gasteiger partial charge >= 0.3 is 0 Å². The predicted octanol–water partition coefficient (Wildman–Crippen LogP) is 2.80. The first-order chi connectivity index (χ1) is 14.1. The predicted molar refractivity (Wildman–Crippen MR) is 108 cm³/mol. The zero-order valence-electron chi connectivity index (χ0n) is 15.7. The lowest BCUT2D eigenvalue weighted by Crippen LogP contribution is -2.25. The van der Waals surface area contributed by atoms with Gasteiger partial charge in [-0.2, -0.15) is 5.10 Å². The first kappa shape index (κ1) is 18.8. The van der Waals surface area contributed by atoms with Crippen molar-refractivity contribution < 1.29 is 4.79 Å². The van der Waals surface area contributed by atoms with E-state index in [0.29, 0.717) is 23.8 Å². The van der Waals surface area contributed by atoms with E-state index in [0.717, 1.165) is 16.8 Å². The molecule has 4 rings (SSSR count). The zero-order chi connectivity index (χ0) is 20.2. The molecule has 9 heteroatoms. The molecule has 0 saturated carbocycles. The van der Waals surface area contributed by atoms with Gasteiger partial charge in [-0.3, -0.25) is 4.79 Å². The molecule has 2 aromatic heterocycles. The summed E-state index contributed by atoms with van der Waals surface area (Å²) in [6.07, 6.45) is 3.16. The van der Waals surface area contributed by atoms with Crippen LogP contribution in [-0.4, -0.2) is 35.7 Å². The van der Waals surface area contributed by atoms with Gasteiger partial charge in [0, 0.05) is 11.6 Å². The average Bonchev–Trinajstić information content (AvgIpc) is 3.37. The third kappa shape index (κ3) is 4.17. The van der Waals surface area contributed by atoms with Gasteiger partial charge in [-0.15, -0.1) is 5.10 Å². The lowest BCUT2D eigenvalue weighted by Gasteiger charge is -2.10. The van der Waals surface area contributed by atoms with Crippen molar-refractivity contribution in [1.82, 2.24) is 35.1 Å². The third-order valence-electron chi connectivity index (χ3n) is 4.52. The van der Waals surface area contributed by atoms with E-state index in [2.05, 4.69) is 25.7 Å². The van der Waals surface area contributed by atoms with Gasteiger partial charge in [-0.05, 0) is 36.2 Å². The highest BCUT2D eigenvalue weighted by molar-refractivity contribution is 6.30. The van der Waals surface area contributed by atoms with Crippen molar-refractivity contribution in [1.29, 1.82) is 0 Å². The van der Waals surface area contributed by atoms with Crippen LogP contribution < -0.4 is 5.32 Å². The molecular weight excluding hydrogens is 390 g/mol. The molecular formula is C20H18ClN7O. The van der Waals surface area contributed by atoms with Crippen molar-refractivity contribution in [3.63, 3.8) is 0 Å². The summed E-state index contributed by atoms with van der Waals surface area (Å²) < 4.78 is 3.33. The normalized spacial score (nSPS) is 10.8. The first-order valence-corrected chi connectivity index (χ1v) is 9.35. The maximum absolute atomic E-state index is 12.7. The minimum atomic E-state index is -0.286. The number of benzene rings is 2. The number of carbonyl (C=O) groups is 1. The lowest BCUT2D eigenvalue weighted by atomic mass is 10.1. The van der Waals surface area contributed by atoms with Crippen molar-refractivity contribution in [3.05, 3.63) is 88.7 Å². The molecule has 1 N–H and O–H groups in total. The SMILES string of the molecule is Cc1c(C(=O)NCc2ccccc2Cn2cncn2)nnn1-c1cccc(Cl)c1. The van der Waals surface area contributed by atoms with Crippen LogP contribution in [0.4, 0.5) is 0 Å². The van der Waals surface area contributed by atoms with Crippen LogP contribution in [0.15, 0.2) is 61.2 Å². The van der Waals surface area contributed by atoms with Crippen molar-refractivity contribution in [2.24, 2.45) is 0 Å². The summed E-state index contributed by atoms with van der Waals surface area (Å²) in [4.78, 5) is 16.7. The van der Waals surface area contributed by atoms with Crippen molar-refractivity contribution >= 4 is 17.5 Å². The number of halogens is 1. The van der Waals surface area contributed by atoms with Crippen LogP contribution in [-0.2, 0) is 13.1 Å². The Hall–Kier alpha value is -3.52. The Balaban J connectivity index is 1.49. The molecule has 0 bridgehead atoms. The van der Waals surface area contributed by atoms with Gasteiger partial charge in [0.15, 0.2) is 5.69 Å². The highest BCUT2D eigenvalue weighted by Gasteiger charge is 2.17. The minimum absolute atomic E-state index is 0.277. The van der Waals surface area contributed by atoms with Gasteiger partial charge in [0.2, 0.25) is 0 Å². The van der Waals surface area contributed by atoms with Crippen LogP contribution in [0, 0.1) is 6.92 Å². The largest absolute Gasteiger partial charge is 0.346 e. The molecule has 0 spiro atoms. The maximum atomic E-state index is 12.7. The molecule has 0 fully saturated rings. The van der Waals surface area contributed by atoms with E-state index in [-0.39, 0.29) is 11.6 Å². The summed E-state index contributed by atoms with van der Waals surface area (Å²) in [6.45, 7) is 2.75. The molecule has 0 unspecified atom stereocenters. The second-order valence-electron chi connectivity index (χ2n) is 6.46. The number of hydrogen-bond acceptors (Lipinski definition) is 5. The molecule has 8 nitrogen and oxygen atoms in total. The Morgan fingerprint density at radius 1 is 1.14 bits per heavy atom. The fourth-order valence-electron chi connectivity index (χ4n) is 3.02. The lowest BCUT2D eigenvalue weighted by molar-refractivity contribution is 0.0945. The molecule has 0 aliphatic heterocycles. The second-order valence-corrected chi connectivity index (χ2v) is 6.90. The molecule has 0 radical (unpaired) electrons. The summed E-state index contributed by atoms with van der Waals surface area (Å²) in [5.74, 6) is -0.286. The molecule has 2 aromatic carbocycles. The van der Waals surface area contributed by atoms with Crippen LogP contribution >= 0.6 is 11.6 Å². The van der Waals surface area contributed by atoms with Gasteiger partial charge in [-0.25, -0.2) is 14.3 Å². The van der Waals surface area contributed by atoms with Gasteiger partial charge < -0.3 is 5.32 Å². The minimum Gasteiger partial charge on any atom is -0.346 e. The van der Waals surface area contributed by atoms with Gasteiger partial charge in [0.05, 0.1) is 17.9 Å². The molecule has 0 aliphatic carbocycles. The van der Waals surface area contributed by atoms with E-state index in [1.807, 2.05) is 36.4 Å². The van der Waals surface area contributed by atoms with Gasteiger partial charge in [0.25, 0.3) is 5.91 Å². The maximum Gasteiger partial charge on any atom is 0.274 e. The summed E-state index contributed by atoms with van der Waals surface area (Å²) in [7, 11) is 0. The van der Waals surface area contributed by atoms with Gasteiger partial charge in [-0.1, -0.05) is 47.1 Å². The van der Waals surface area contributed by atoms with E-state index in [9.17, 15) is 4.79 Å².